The molecule has 2 aromatic carbocycles. The smallest absolute Gasteiger partial charge is 0.0918 e. The molecule has 0 aromatic heterocycles. The van der Waals surface area contributed by atoms with Crippen molar-refractivity contribution in [1.29, 1.82) is 0 Å². The van der Waals surface area contributed by atoms with E-state index in [1.165, 1.54) is 48.3 Å². The first-order valence-electron chi connectivity index (χ1n) is 9.36. The fourth-order valence-electron chi connectivity index (χ4n) is 4.22. The summed E-state index contributed by atoms with van der Waals surface area (Å²) in [6.07, 6.45) is 0. The van der Waals surface area contributed by atoms with Crippen molar-refractivity contribution in [2.24, 2.45) is 0 Å². The maximum atomic E-state index is 2.68. The number of hydrogen-bond donors (Lipinski definition) is 0. The fourth-order valence-corrected chi connectivity index (χ4v) is 4.22. The van der Waals surface area contributed by atoms with Gasteiger partial charge in [-0.25, -0.2) is 0 Å². The van der Waals surface area contributed by atoms with Crippen LogP contribution in [0.5, 0.6) is 0 Å². The van der Waals surface area contributed by atoms with Gasteiger partial charge in [-0.2, -0.15) is 0 Å². The molecule has 3 heteroatoms. The van der Waals surface area contributed by atoms with Crippen LogP contribution in [0.2, 0.25) is 0 Å². The van der Waals surface area contributed by atoms with Crippen molar-refractivity contribution in [2.75, 3.05) is 32.7 Å². The average Bonchev–Trinajstić information content (AvgIpc) is 2.64. The Morgan fingerprint density at radius 3 is 1.64 bits per heavy atom. The molecule has 0 unspecified atom stereocenters. The van der Waals surface area contributed by atoms with Crippen LogP contribution >= 0.6 is 0 Å². The molecule has 1 fully saturated rings. The van der Waals surface area contributed by atoms with E-state index in [9.17, 15) is 0 Å². The second-order valence-corrected chi connectivity index (χ2v) is 7.34. The van der Waals surface area contributed by atoms with Gasteiger partial charge in [-0.3, -0.25) is 4.90 Å². The molecule has 0 bridgehead atoms. The molecule has 0 saturated carbocycles. The third-order valence-corrected chi connectivity index (χ3v) is 5.99. The predicted molar refractivity (Wildman–Crippen MR) is 102 cm³/mol. The molecule has 0 N–H and O–H groups in total. The Labute approximate surface area is 170 Å². The number of hydrogen-bond acceptors (Lipinski definition) is 1. The fraction of sp³-hybridized carbons (Fsp3) is 0.455. The third-order valence-electron chi connectivity index (χ3n) is 5.99. The molecule has 1 saturated heterocycles. The van der Waals surface area contributed by atoms with Crippen molar-refractivity contribution < 1.29 is 28.5 Å². The van der Waals surface area contributed by atoms with Crippen molar-refractivity contribution in [2.45, 2.75) is 32.9 Å². The summed E-state index contributed by atoms with van der Waals surface area (Å²) in [5.74, 6) is 0. The molecule has 0 amide bonds. The van der Waals surface area contributed by atoms with E-state index in [1.54, 1.807) is 0 Å². The van der Waals surface area contributed by atoms with Crippen LogP contribution in [0.15, 0.2) is 60.7 Å². The van der Waals surface area contributed by atoms with Crippen molar-refractivity contribution in [3.63, 3.8) is 0 Å². The maximum absolute atomic E-state index is 2.68. The normalized spacial score (nSPS) is 17.5. The minimum absolute atomic E-state index is 0. The average molecular weight is 450 g/mol. The van der Waals surface area contributed by atoms with E-state index in [2.05, 4.69) is 86.3 Å². The van der Waals surface area contributed by atoms with Gasteiger partial charge in [0.05, 0.1) is 31.7 Å². The van der Waals surface area contributed by atoms with E-state index in [0.717, 1.165) is 0 Å². The van der Waals surface area contributed by atoms with E-state index in [1.807, 2.05) is 0 Å². The predicted octanol–water partition coefficient (Wildman–Crippen LogP) is 1.34. The number of quaternary nitrogens is 1. The van der Waals surface area contributed by atoms with Crippen molar-refractivity contribution >= 4 is 0 Å². The van der Waals surface area contributed by atoms with Gasteiger partial charge in [0.2, 0.25) is 0 Å². The molecule has 3 rings (SSSR count). The molecule has 1 aliphatic heterocycles. The summed E-state index contributed by atoms with van der Waals surface area (Å²) in [6, 6.07) is 23.1. The van der Waals surface area contributed by atoms with Crippen LogP contribution in [0, 0.1) is 0 Å². The SMILES string of the molecule is CC[N+]1(C(C)C)CCN(C(c2ccccc2)c2ccccc2)CC1.[I-]. The third kappa shape index (κ3) is 4.44. The Hall–Kier alpha value is -0.910. The summed E-state index contributed by atoms with van der Waals surface area (Å²) < 4.78 is 1.26. The lowest BCUT2D eigenvalue weighted by molar-refractivity contribution is -0.950. The first-order chi connectivity index (χ1) is 11.7. The first kappa shape index (κ1) is 20.4. The molecule has 0 spiro atoms. The van der Waals surface area contributed by atoms with Gasteiger partial charge in [0.1, 0.15) is 0 Å². The summed E-state index contributed by atoms with van der Waals surface area (Å²) in [6.45, 7) is 13.2. The monoisotopic (exact) mass is 450 g/mol. The lowest BCUT2D eigenvalue weighted by atomic mass is 9.96. The number of nitrogens with zero attached hydrogens (tertiary/aromatic N) is 2. The van der Waals surface area contributed by atoms with Gasteiger partial charge in [-0.05, 0) is 31.9 Å². The molecule has 25 heavy (non-hydrogen) atoms. The molecule has 0 radical (unpaired) electrons. The van der Waals surface area contributed by atoms with Crippen LogP contribution < -0.4 is 24.0 Å². The molecule has 0 aliphatic carbocycles. The highest BCUT2D eigenvalue weighted by Gasteiger charge is 2.36. The Morgan fingerprint density at radius 2 is 1.28 bits per heavy atom. The van der Waals surface area contributed by atoms with Gasteiger partial charge in [-0.1, -0.05) is 60.7 Å². The number of rotatable bonds is 5. The Kier molecular flexibility index (Phi) is 7.47. The van der Waals surface area contributed by atoms with E-state index in [-0.39, 0.29) is 24.0 Å². The van der Waals surface area contributed by atoms with Crippen molar-refractivity contribution in [3.8, 4) is 0 Å². The van der Waals surface area contributed by atoms with Crippen molar-refractivity contribution in [3.05, 3.63) is 71.8 Å². The van der Waals surface area contributed by atoms with Crippen LogP contribution in [-0.2, 0) is 0 Å². The Bertz CT molecular complexity index is 579. The lowest BCUT2D eigenvalue weighted by Gasteiger charge is -2.49. The van der Waals surface area contributed by atoms with E-state index >= 15 is 0 Å². The van der Waals surface area contributed by atoms with Gasteiger partial charge in [0.25, 0.3) is 0 Å². The maximum Gasteiger partial charge on any atom is 0.0918 e. The number of likely N-dealkylation sites (N-methyl/N-ethyl adjacent to an activating group) is 1. The zero-order valence-electron chi connectivity index (χ0n) is 15.7. The van der Waals surface area contributed by atoms with Crippen LogP contribution in [-0.4, -0.2) is 48.1 Å². The largest absolute Gasteiger partial charge is 1.00 e. The highest BCUT2D eigenvalue weighted by atomic mass is 127. The standard InChI is InChI=1S/C22H31N2.HI/c1-4-24(19(2)3)17-15-23(16-18-24)22(20-11-7-5-8-12-20)21-13-9-6-10-14-21;/h5-14,19,22H,4,15-18H2,1-3H3;1H/q+1;/p-1. The van der Waals surface area contributed by atoms with Gasteiger partial charge >= 0.3 is 0 Å². The molecule has 2 nitrogen and oxygen atoms in total. The molecule has 2 aromatic rings. The van der Waals surface area contributed by atoms with E-state index in [0.29, 0.717) is 12.1 Å². The molecular weight excluding hydrogens is 419 g/mol. The van der Waals surface area contributed by atoms with Gasteiger partial charge < -0.3 is 28.5 Å². The van der Waals surface area contributed by atoms with Gasteiger partial charge in [0, 0.05) is 13.1 Å². The van der Waals surface area contributed by atoms with E-state index < -0.39 is 0 Å². The number of piperazine rings is 1. The summed E-state index contributed by atoms with van der Waals surface area (Å²) >= 11 is 0. The molecular formula is C22H31IN2. The van der Waals surface area contributed by atoms with Crippen LogP contribution in [0.1, 0.15) is 37.9 Å². The Balaban J connectivity index is 0.00000225. The van der Waals surface area contributed by atoms with Crippen LogP contribution in [0.25, 0.3) is 0 Å². The van der Waals surface area contributed by atoms with E-state index in [4.69, 9.17) is 0 Å². The summed E-state index contributed by atoms with van der Waals surface area (Å²) in [4.78, 5) is 2.68. The molecule has 136 valence electrons. The second kappa shape index (κ2) is 9.15. The minimum atomic E-state index is 0. The highest BCUT2D eigenvalue weighted by Crippen LogP contribution is 2.31. The number of benzene rings is 2. The zero-order chi connectivity index (χ0) is 17.0. The summed E-state index contributed by atoms with van der Waals surface area (Å²) in [5.41, 5.74) is 2.81. The molecule has 0 atom stereocenters. The first-order valence-corrected chi connectivity index (χ1v) is 9.36. The molecule has 1 aliphatic rings. The Morgan fingerprint density at radius 1 is 0.840 bits per heavy atom. The summed E-state index contributed by atoms with van der Waals surface area (Å²) in [5, 5.41) is 0. The highest BCUT2D eigenvalue weighted by molar-refractivity contribution is 5.31. The van der Waals surface area contributed by atoms with Gasteiger partial charge in [-0.15, -0.1) is 0 Å². The lowest BCUT2D eigenvalue weighted by Crippen LogP contribution is -3.00. The van der Waals surface area contributed by atoms with Gasteiger partial charge in [0.15, 0.2) is 0 Å². The number of halogens is 1. The molecule has 1 heterocycles. The topological polar surface area (TPSA) is 3.24 Å². The quantitative estimate of drug-likeness (QED) is 0.491. The van der Waals surface area contributed by atoms with Crippen LogP contribution in [0.4, 0.5) is 0 Å². The zero-order valence-corrected chi connectivity index (χ0v) is 17.9. The second-order valence-electron chi connectivity index (χ2n) is 7.34. The van der Waals surface area contributed by atoms with Crippen LogP contribution in [0.3, 0.4) is 0 Å². The van der Waals surface area contributed by atoms with Crippen molar-refractivity contribution in [1.82, 2.24) is 4.90 Å². The minimum Gasteiger partial charge on any atom is -1.00 e. The summed E-state index contributed by atoms with van der Waals surface area (Å²) in [7, 11) is 0.